The third kappa shape index (κ3) is 7.55. The number of aliphatic carboxylic acids is 2. The summed E-state index contributed by atoms with van der Waals surface area (Å²) in [6.45, 7) is 10.5. The van der Waals surface area contributed by atoms with Gasteiger partial charge < -0.3 is 25.0 Å². The molecule has 2 aromatic heterocycles. The number of carbonyl (C=O) groups is 2. The molecule has 0 aromatic carbocycles. The smallest absolute Gasteiger partial charge is 0.475 e. The highest BCUT2D eigenvalue weighted by molar-refractivity contribution is 5.73. The fraction of sp³-hybridized carbons (Fsp3) is 0.591. The summed E-state index contributed by atoms with van der Waals surface area (Å²) in [7, 11) is 0. The number of carboxylic acid groups (broad SMARTS) is 2. The van der Waals surface area contributed by atoms with Crippen LogP contribution < -0.4 is 10.2 Å². The van der Waals surface area contributed by atoms with Gasteiger partial charge in [0.25, 0.3) is 0 Å². The minimum Gasteiger partial charge on any atom is -0.475 e. The van der Waals surface area contributed by atoms with Crippen molar-refractivity contribution in [2.45, 2.75) is 64.0 Å². The Hall–Kier alpha value is -3.43. The van der Waals surface area contributed by atoms with Gasteiger partial charge in [0.15, 0.2) is 0 Å². The molecule has 212 valence electrons. The molecule has 10 nitrogen and oxygen atoms in total. The van der Waals surface area contributed by atoms with E-state index in [-0.39, 0.29) is 5.41 Å². The van der Waals surface area contributed by atoms with Gasteiger partial charge in [-0.1, -0.05) is 0 Å². The van der Waals surface area contributed by atoms with E-state index in [2.05, 4.69) is 45.5 Å². The number of fused-ring (bicyclic) bond motifs is 2. The van der Waals surface area contributed by atoms with Crippen molar-refractivity contribution in [1.29, 1.82) is 0 Å². The van der Waals surface area contributed by atoms with E-state index in [0.717, 1.165) is 50.8 Å². The molecule has 1 spiro atoms. The highest BCUT2D eigenvalue weighted by atomic mass is 19.4. The van der Waals surface area contributed by atoms with E-state index in [0.29, 0.717) is 6.04 Å². The van der Waals surface area contributed by atoms with Crippen LogP contribution in [0.2, 0.25) is 0 Å². The summed E-state index contributed by atoms with van der Waals surface area (Å²) in [6.07, 6.45) is -4.33. The van der Waals surface area contributed by atoms with Gasteiger partial charge >= 0.3 is 24.3 Å². The van der Waals surface area contributed by atoms with Crippen LogP contribution in [0.25, 0.3) is 0 Å². The lowest BCUT2D eigenvalue weighted by Crippen LogP contribution is -2.51. The van der Waals surface area contributed by atoms with E-state index in [1.165, 1.54) is 11.4 Å². The molecule has 0 amide bonds. The fourth-order valence-corrected chi connectivity index (χ4v) is 4.38. The van der Waals surface area contributed by atoms with Crippen molar-refractivity contribution < 1.29 is 46.1 Å². The quantitative estimate of drug-likeness (QED) is 0.477. The summed E-state index contributed by atoms with van der Waals surface area (Å²) >= 11 is 0. The molecule has 0 aliphatic carbocycles. The molecule has 2 aromatic rings. The minimum atomic E-state index is -5.08. The Balaban J connectivity index is 0.000000301. The number of nitrogens with one attached hydrogen (secondary N) is 1. The molecule has 0 bridgehead atoms. The number of aryl methyl sites for hydroxylation is 1. The number of hydrogen-bond donors (Lipinski definition) is 3. The molecule has 4 heterocycles. The highest BCUT2D eigenvalue weighted by Gasteiger charge is 2.43. The molecule has 1 fully saturated rings. The Kier molecular flexibility index (Phi) is 9.69. The zero-order chi connectivity index (χ0) is 28.9. The molecular weight excluding hydrogens is 526 g/mol. The van der Waals surface area contributed by atoms with Crippen LogP contribution in [0.3, 0.4) is 0 Å². The Labute approximate surface area is 213 Å². The van der Waals surface area contributed by atoms with Gasteiger partial charge in [-0.25, -0.2) is 24.5 Å². The van der Waals surface area contributed by atoms with Gasteiger partial charge in [0.1, 0.15) is 5.82 Å². The first-order chi connectivity index (χ1) is 17.5. The van der Waals surface area contributed by atoms with Crippen LogP contribution in [0.1, 0.15) is 49.9 Å². The summed E-state index contributed by atoms with van der Waals surface area (Å²) in [6, 6.07) is 2.32. The predicted molar refractivity (Wildman–Crippen MR) is 122 cm³/mol. The number of nitrogens with zero attached hydrogens (tertiary/aromatic N) is 5. The third-order valence-corrected chi connectivity index (χ3v) is 6.00. The maximum Gasteiger partial charge on any atom is 0.490 e. The Morgan fingerprint density at radius 2 is 1.47 bits per heavy atom. The summed E-state index contributed by atoms with van der Waals surface area (Å²) in [5, 5.41) is 17.9. The monoisotopic (exact) mass is 554 g/mol. The van der Waals surface area contributed by atoms with Crippen molar-refractivity contribution in [2.24, 2.45) is 0 Å². The summed E-state index contributed by atoms with van der Waals surface area (Å²) < 4.78 is 65.9. The fourth-order valence-electron chi connectivity index (χ4n) is 4.38. The SMILES string of the molecule is Cc1nc2c(n1C(C)C)CNCC21CCN(c2ncccn2)CC1.O=C(O)C(F)(F)F.O=C(O)C(F)(F)F. The zero-order valence-corrected chi connectivity index (χ0v) is 20.8. The highest BCUT2D eigenvalue weighted by Crippen LogP contribution is 2.40. The standard InChI is InChI=1S/C18H26N6.2C2HF3O2/c1-13(2)24-14(3)22-16-15(24)11-19-12-18(16)5-9-23(10-6-18)17-20-7-4-8-21-17;2*3-2(4,5)1(6)7/h4,7-8,13,19H,5-6,9-12H2,1-3H3;2*(H,6,7). The van der Waals surface area contributed by atoms with Gasteiger partial charge in [0.05, 0.1) is 11.4 Å². The molecule has 4 rings (SSSR count). The van der Waals surface area contributed by atoms with Crippen molar-refractivity contribution in [2.75, 3.05) is 24.5 Å². The van der Waals surface area contributed by atoms with Crippen LogP contribution in [-0.2, 0) is 21.5 Å². The lowest BCUT2D eigenvalue weighted by molar-refractivity contribution is -0.193. The number of anilines is 1. The largest absolute Gasteiger partial charge is 0.490 e. The van der Waals surface area contributed by atoms with E-state index in [1.807, 2.05) is 18.5 Å². The first-order valence-electron chi connectivity index (χ1n) is 11.4. The second kappa shape index (κ2) is 12.0. The molecule has 2 aliphatic heterocycles. The molecule has 3 N–H and O–H groups in total. The van der Waals surface area contributed by atoms with E-state index in [4.69, 9.17) is 24.8 Å². The number of alkyl halides is 6. The molecule has 0 radical (unpaired) electrons. The number of rotatable bonds is 2. The lowest BCUT2D eigenvalue weighted by Gasteiger charge is -2.43. The number of piperidine rings is 1. The Bertz CT molecular complexity index is 1070. The average molecular weight is 554 g/mol. The molecule has 0 saturated carbocycles. The van der Waals surface area contributed by atoms with E-state index >= 15 is 0 Å². The van der Waals surface area contributed by atoms with Crippen molar-refractivity contribution in [3.8, 4) is 0 Å². The number of hydrogen-bond acceptors (Lipinski definition) is 7. The van der Waals surface area contributed by atoms with Gasteiger partial charge in [0.2, 0.25) is 5.95 Å². The van der Waals surface area contributed by atoms with Crippen LogP contribution in [0, 0.1) is 6.92 Å². The second-order valence-corrected chi connectivity index (χ2v) is 8.94. The van der Waals surface area contributed by atoms with Gasteiger partial charge in [0, 0.05) is 50.0 Å². The van der Waals surface area contributed by atoms with Crippen LogP contribution in [0.5, 0.6) is 0 Å². The lowest BCUT2D eigenvalue weighted by atomic mass is 9.73. The van der Waals surface area contributed by atoms with Crippen molar-refractivity contribution >= 4 is 17.9 Å². The molecule has 1 saturated heterocycles. The minimum absolute atomic E-state index is 0.157. The zero-order valence-electron chi connectivity index (χ0n) is 20.8. The Morgan fingerprint density at radius 1 is 1.00 bits per heavy atom. The van der Waals surface area contributed by atoms with Gasteiger partial charge in [-0.2, -0.15) is 26.3 Å². The molecular formula is C22H28F6N6O4. The summed E-state index contributed by atoms with van der Waals surface area (Å²) in [5.74, 6) is -3.52. The number of halogens is 6. The van der Waals surface area contributed by atoms with Gasteiger partial charge in [-0.15, -0.1) is 0 Å². The van der Waals surface area contributed by atoms with E-state index < -0.39 is 24.3 Å². The number of imidazole rings is 1. The first kappa shape index (κ1) is 30.8. The summed E-state index contributed by atoms with van der Waals surface area (Å²) in [4.78, 5) is 33.9. The molecule has 0 atom stereocenters. The predicted octanol–water partition coefficient (Wildman–Crippen LogP) is 3.47. The molecule has 16 heteroatoms. The molecule has 2 aliphatic rings. The molecule has 38 heavy (non-hydrogen) atoms. The molecule has 0 unspecified atom stereocenters. The van der Waals surface area contributed by atoms with E-state index in [9.17, 15) is 26.3 Å². The number of carboxylic acids is 2. The topological polar surface area (TPSA) is 133 Å². The number of aromatic nitrogens is 4. The Morgan fingerprint density at radius 3 is 1.89 bits per heavy atom. The van der Waals surface area contributed by atoms with Crippen molar-refractivity contribution in [3.63, 3.8) is 0 Å². The van der Waals surface area contributed by atoms with Crippen LogP contribution in [-0.4, -0.2) is 73.7 Å². The summed E-state index contributed by atoms with van der Waals surface area (Å²) in [5.41, 5.74) is 2.88. The van der Waals surface area contributed by atoms with Crippen molar-refractivity contribution in [1.82, 2.24) is 24.8 Å². The maximum atomic E-state index is 10.6. The van der Waals surface area contributed by atoms with Crippen LogP contribution in [0.4, 0.5) is 32.3 Å². The third-order valence-electron chi connectivity index (χ3n) is 6.00. The van der Waals surface area contributed by atoms with Crippen LogP contribution >= 0.6 is 0 Å². The van der Waals surface area contributed by atoms with Crippen LogP contribution in [0.15, 0.2) is 18.5 Å². The van der Waals surface area contributed by atoms with E-state index in [1.54, 1.807) is 0 Å². The second-order valence-electron chi connectivity index (χ2n) is 8.94. The first-order valence-corrected chi connectivity index (χ1v) is 11.4. The van der Waals surface area contributed by atoms with Gasteiger partial charge in [-0.05, 0) is 39.7 Å². The van der Waals surface area contributed by atoms with Crippen molar-refractivity contribution in [3.05, 3.63) is 35.7 Å². The maximum absolute atomic E-state index is 10.6. The average Bonchev–Trinajstić information content (AvgIpc) is 3.17. The van der Waals surface area contributed by atoms with Gasteiger partial charge in [-0.3, -0.25) is 0 Å². The normalized spacial score (nSPS) is 16.6.